The van der Waals surface area contributed by atoms with Gasteiger partial charge in [0.2, 0.25) is 11.8 Å². The quantitative estimate of drug-likeness (QED) is 0.742. The summed E-state index contributed by atoms with van der Waals surface area (Å²) in [6.45, 7) is 3.86. The number of ether oxygens (including phenoxy) is 1. The minimum absolute atomic E-state index is 0.521. The van der Waals surface area contributed by atoms with Crippen LogP contribution in [-0.2, 0) is 11.3 Å². The SMILES string of the molecule is COCCCNc1nccn1Cc1nc(C)no1. The Bertz CT molecular complexity index is 479. The van der Waals surface area contributed by atoms with Crippen molar-refractivity contribution in [2.24, 2.45) is 0 Å². The predicted octanol–water partition coefficient (Wildman–Crippen LogP) is 1.07. The summed E-state index contributed by atoms with van der Waals surface area (Å²) < 4.78 is 12.0. The summed E-state index contributed by atoms with van der Waals surface area (Å²) in [5.41, 5.74) is 0. The monoisotopic (exact) mass is 251 g/mol. The summed E-state index contributed by atoms with van der Waals surface area (Å²) in [5, 5.41) is 6.99. The van der Waals surface area contributed by atoms with Gasteiger partial charge in [-0.2, -0.15) is 4.98 Å². The molecule has 0 atom stereocenters. The number of anilines is 1. The number of nitrogens with zero attached hydrogens (tertiary/aromatic N) is 4. The minimum atomic E-state index is 0.521. The van der Waals surface area contributed by atoms with Crippen LogP contribution in [0.1, 0.15) is 18.1 Å². The van der Waals surface area contributed by atoms with Gasteiger partial charge in [0.15, 0.2) is 5.82 Å². The molecule has 2 aromatic rings. The number of rotatable bonds is 7. The van der Waals surface area contributed by atoms with Gasteiger partial charge >= 0.3 is 0 Å². The van der Waals surface area contributed by atoms with E-state index in [2.05, 4.69) is 20.4 Å². The van der Waals surface area contributed by atoms with E-state index in [0.29, 0.717) is 18.3 Å². The molecule has 0 saturated heterocycles. The number of methoxy groups -OCH3 is 1. The zero-order chi connectivity index (χ0) is 12.8. The molecule has 0 unspecified atom stereocenters. The fraction of sp³-hybridized carbons (Fsp3) is 0.545. The van der Waals surface area contributed by atoms with Crippen molar-refractivity contribution in [3.05, 3.63) is 24.1 Å². The molecule has 98 valence electrons. The van der Waals surface area contributed by atoms with Crippen molar-refractivity contribution in [1.29, 1.82) is 0 Å². The molecular formula is C11H17N5O2. The number of aromatic nitrogens is 4. The van der Waals surface area contributed by atoms with Crippen LogP contribution in [0.15, 0.2) is 16.9 Å². The zero-order valence-electron chi connectivity index (χ0n) is 10.6. The van der Waals surface area contributed by atoms with E-state index in [-0.39, 0.29) is 0 Å². The van der Waals surface area contributed by atoms with Gasteiger partial charge < -0.3 is 19.1 Å². The van der Waals surface area contributed by atoms with Crippen molar-refractivity contribution in [3.63, 3.8) is 0 Å². The van der Waals surface area contributed by atoms with Gasteiger partial charge in [-0.1, -0.05) is 5.16 Å². The molecule has 0 aliphatic heterocycles. The average Bonchev–Trinajstić information content (AvgIpc) is 2.95. The number of hydrogen-bond donors (Lipinski definition) is 1. The Morgan fingerprint density at radius 1 is 1.50 bits per heavy atom. The molecule has 0 bridgehead atoms. The lowest BCUT2D eigenvalue weighted by Gasteiger charge is -2.07. The Hall–Kier alpha value is -1.89. The first-order chi connectivity index (χ1) is 8.79. The van der Waals surface area contributed by atoms with Crippen LogP contribution < -0.4 is 5.32 Å². The van der Waals surface area contributed by atoms with Crippen molar-refractivity contribution < 1.29 is 9.26 Å². The highest BCUT2D eigenvalue weighted by Crippen LogP contribution is 2.08. The highest BCUT2D eigenvalue weighted by atomic mass is 16.5. The molecule has 2 rings (SSSR count). The lowest BCUT2D eigenvalue weighted by Crippen LogP contribution is -2.11. The fourth-order valence-corrected chi connectivity index (χ4v) is 1.57. The molecule has 7 nitrogen and oxygen atoms in total. The number of aryl methyl sites for hydroxylation is 1. The van der Waals surface area contributed by atoms with Crippen molar-refractivity contribution in [2.45, 2.75) is 19.9 Å². The molecule has 0 aromatic carbocycles. The molecule has 2 heterocycles. The second kappa shape index (κ2) is 6.15. The molecule has 0 radical (unpaired) electrons. The standard InChI is InChI=1S/C11H17N5O2/c1-9-14-10(18-15-9)8-16-6-5-13-11(16)12-4-3-7-17-2/h5-6H,3-4,7-8H2,1-2H3,(H,12,13). The molecule has 7 heteroatoms. The number of hydrogen-bond acceptors (Lipinski definition) is 6. The van der Waals surface area contributed by atoms with Gasteiger partial charge in [-0.25, -0.2) is 4.98 Å². The molecule has 18 heavy (non-hydrogen) atoms. The van der Waals surface area contributed by atoms with E-state index in [1.54, 1.807) is 20.2 Å². The van der Waals surface area contributed by atoms with E-state index in [1.807, 2.05) is 10.8 Å². The largest absolute Gasteiger partial charge is 0.385 e. The molecule has 2 aromatic heterocycles. The highest BCUT2D eigenvalue weighted by Gasteiger charge is 2.07. The van der Waals surface area contributed by atoms with Crippen LogP contribution in [0.3, 0.4) is 0 Å². The van der Waals surface area contributed by atoms with Gasteiger partial charge in [0.05, 0.1) is 0 Å². The van der Waals surface area contributed by atoms with Gasteiger partial charge in [-0.05, 0) is 13.3 Å². The van der Waals surface area contributed by atoms with E-state index >= 15 is 0 Å². The fourth-order valence-electron chi connectivity index (χ4n) is 1.57. The molecule has 0 fully saturated rings. The lowest BCUT2D eigenvalue weighted by molar-refractivity contribution is 0.197. The van der Waals surface area contributed by atoms with Crippen LogP contribution in [0.2, 0.25) is 0 Å². The smallest absolute Gasteiger partial charge is 0.246 e. The first-order valence-electron chi connectivity index (χ1n) is 5.82. The first-order valence-corrected chi connectivity index (χ1v) is 5.82. The van der Waals surface area contributed by atoms with Crippen LogP contribution in [-0.4, -0.2) is 40.0 Å². The normalized spacial score (nSPS) is 10.8. The summed E-state index contributed by atoms with van der Waals surface area (Å²) in [7, 11) is 1.69. The van der Waals surface area contributed by atoms with Gasteiger partial charge in [0, 0.05) is 32.7 Å². The predicted molar refractivity (Wildman–Crippen MR) is 65.3 cm³/mol. The van der Waals surface area contributed by atoms with E-state index < -0.39 is 0 Å². The Balaban J connectivity index is 1.91. The average molecular weight is 251 g/mol. The van der Waals surface area contributed by atoms with Gasteiger partial charge in [-0.3, -0.25) is 0 Å². The molecule has 0 aliphatic rings. The molecule has 0 spiro atoms. The maximum atomic E-state index is 5.08. The van der Waals surface area contributed by atoms with Crippen LogP contribution in [0.5, 0.6) is 0 Å². The van der Waals surface area contributed by atoms with Crippen molar-refractivity contribution in [3.8, 4) is 0 Å². The Morgan fingerprint density at radius 2 is 2.39 bits per heavy atom. The summed E-state index contributed by atoms with van der Waals surface area (Å²) in [5.74, 6) is 2.01. The maximum Gasteiger partial charge on any atom is 0.246 e. The second-order valence-electron chi connectivity index (χ2n) is 3.89. The van der Waals surface area contributed by atoms with Crippen molar-refractivity contribution in [2.75, 3.05) is 25.6 Å². The summed E-state index contributed by atoms with van der Waals surface area (Å²) in [6, 6.07) is 0. The van der Waals surface area contributed by atoms with Crippen LogP contribution in [0.4, 0.5) is 5.95 Å². The summed E-state index contributed by atoms with van der Waals surface area (Å²) in [4.78, 5) is 8.40. The third-order valence-electron chi connectivity index (χ3n) is 2.40. The summed E-state index contributed by atoms with van der Waals surface area (Å²) in [6.07, 6.45) is 4.54. The van der Waals surface area contributed by atoms with Gasteiger partial charge in [0.25, 0.3) is 0 Å². The van der Waals surface area contributed by atoms with E-state index in [4.69, 9.17) is 9.26 Å². The van der Waals surface area contributed by atoms with Gasteiger partial charge in [-0.15, -0.1) is 0 Å². The Morgan fingerprint density at radius 3 is 3.11 bits per heavy atom. The molecular weight excluding hydrogens is 234 g/mol. The van der Waals surface area contributed by atoms with Crippen molar-refractivity contribution >= 4 is 5.95 Å². The lowest BCUT2D eigenvalue weighted by atomic mass is 10.4. The number of nitrogens with one attached hydrogen (secondary N) is 1. The third-order valence-corrected chi connectivity index (χ3v) is 2.40. The zero-order valence-corrected chi connectivity index (χ0v) is 10.6. The minimum Gasteiger partial charge on any atom is -0.385 e. The van der Waals surface area contributed by atoms with Crippen molar-refractivity contribution in [1.82, 2.24) is 19.7 Å². The first kappa shape index (κ1) is 12.6. The number of imidazole rings is 1. The summed E-state index contributed by atoms with van der Waals surface area (Å²) >= 11 is 0. The molecule has 1 N–H and O–H groups in total. The molecule has 0 aliphatic carbocycles. The second-order valence-corrected chi connectivity index (χ2v) is 3.89. The molecule has 0 saturated carbocycles. The topological polar surface area (TPSA) is 78.0 Å². The van der Waals surface area contributed by atoms with Gasteiger partial charge in [0.1, 0.15) is 6.54 Å². The van der Waals surface area contributed by atoms with E-state index in [0.717, 1.165) is 25.5 Å². The Labute approximate surface area is 105 Å². The van der Waals surface area contributed by atoms with E-state index in [9.17, 15) is 0 Å². The van der Waals surface area contributed by atoms with Crippen LogP contribution in [0.25, 0.3) is 0 Å². The Kier molecular flexibility index (Phi) is 4.30. The van der Waals surface area contributed by atoms with Crippen LogP contribution >= 0.6 is 0 Å². The maximum absolute atomic E-state index is 5.08. The van der Waals surface area contributed by atoms with E-state index in [1.165, 1.54) is 0 Å². The third kappa shape index (κ3) is 3.30. The highest BCUT2D eigenvalue weighted by molar-refractivity contribution is 5.26. The molecule has 0 amide bonds. The van der Waals surface area contributed by atoms with Crippen LogP contribution in [0, 0.1) is 6.92 Å².